The van der Waals surface area contributed by atoms with Gasteiger partial charge in [-0.1, -0.05) is 68.4 Å². The van der Waals surface area contributed by atoms with Gasteiger partial charge in [0.15, 0.2) is 0 Å². The zero-order valence-corrected chi connectivity index (χ0v) is 18.1. The van der Waals surface area contributed by atoms with Gasteiger partial charge < -0.3 is 9.64 Å². The fourth-order valence-corrected chi connectivity index (χ4v) is 4.73. The first kappa shape index (κ1) is 21.0. The Morgan fingerprint density at radius 2 is 1.76 bits per heavy atom. The van der Waals surface area contributed by atoms with Gasteiger partial charge in [-0.2, -0.15) is 5.26 Å². The van der Waals surface area contributed by atoms with Gasteiger partial charge in [-0.05, 0) is 23.6 Å². The van der Waals surface area contributed by atoms with E-state index < -0.39 is 6.04 Å². The van der Waals surface area contributed by atoms with E-state index in [1.807, 2.05) is 42.3 Å². The first-order valence-electron chi connectivity index (χ1n) is 9.83. The van der Waals surface area contributed by atoms with Crippen LogP contribution in [0.5, 0.6) is 0 Å². The quantitative estimate of drug-likeness (QED) is 0.618. The van der Waals surface area contributed by atoms with E-state index in [4.69, 9.17) is 4.74 Å². The minimum absolute atomic E-state index is 0.292. The van der Waals surface area contributed by atoms with E-state index in [-0.39, 0.29) is 11.9 Å². The van der Waals surface area contributed by atoms with Gasteiger partial charge in [0.2, 0.25) is 0 Å². The van der Waals surface area contributed by atoms with E-state index in [0.29, 0.717) is 17.4 Å². The standard InChI is InChI=1S/C24H26N2O2S/c1-5-28-24(27)22-21(20(15-25)23(26(22)4)29-16(2)3)19-13-11-18(12-14-19)17-9-7-6-8-10-17/h6-14,16,21-22H,5H2,1-4H3. The van der Waals surface area contributed by atoms with Crippen molar-refractivity contribution in [3.63, 3.8) is 0 Å². The van der Waals surface area contributed by atoms with Crippen LogP contribution in [0.3, 0.4) is 0 Å². The largest absolute Gasteiger partial charge is 0.464 e. The third-order valence-corrected chi connectivity index (χ3v) is 6.17. The average molecular weight is 407 g/mol. The van der Waals surface area contributed by atoms with Gasteiger partial charge in [0.1, 0.15) is 6.04 Å². The number of thioether (sulfide) groups is 1. The van der Waals surface area contributed by atoms with Crippen molar-refractivity contribution in [1.29, 1.82) is 5.26 Å². The number of nitriles is 1. The predicted octanol–water partition coefficient (Wildman–Crippen LogP) is 5.19. The summed E-state index contributed by atoms with van der Waals surface area (Å²) in [5.74, 6) is -0.630. The maximum atomic E-state index is 12.8. The summed E-state index contributed by atoms with van der Waals surface area (Å²) < 4.78 is 5.36. The van der Waals surface area contributed by atoms with Crippen LogP contribution < -0.4 is 0 Å². The smallest absolute Gasteiger partial charge is 0.329 e. The Bertz CT molecular complexity index is 930. The zero-order valence-electron chi connectivity index (χ0n) is 17.3. The normalized spacial score (nSPS) is 18.8. The number of nitrogens with zero attached hydrogens (tertiary/aromatic N) is 2. The second-order valence-corrected chi connectivity index (χ2v) is 8.84. The highest BCUT2D eigenvalue weighted by Crippen LogP contribution is 2.45. The van der Waals surface area contributed by atoms with E-state index in [0.717, 1.165) is 21.7 Å². The Morgan fingerprint density at radius 3 is 2.31 bits per heavy atom. The molecule has 3 rings (SSSR count). The van der Waals surface area contributed by atoms with Gasteiger partial charge in [-0.3, -0.25) is 0 Å². The van der Waals surface area contributed by atoms with Crippen LogP contribution in [-0.2, 0) is 9.53 Å². The molecule has 0 saturated carbocycles. The Kier molecular flexibility index (Phi) is 6.66. The van der Waals surface area contributed by atoms with Crippen molar-refractivity contribution in [3.8, 4) is 17.2 Å². The molecular formula is C24H26N2O2S. The fraction of sp³-hybridized carbons (Fsp3) is 0.333. The molecule has 2 aromatic rings. The third-order valence-electron chi connectivity index (χ3n) is 4.97. The first-order valence-corrected chi connectivity index (χ1v) is 10.7. The Labute approximate surface area is 177 Å². The summed E-state index contributed by atoms with van der Waals surface area (Å²) in [5.41, 5.74) is 3.83. The summed E-state index contributed by atoms with van der Waals surface area (Å²) in [6, 6.07) is 20.1. The Hall–Kier alpha value is -2.71. The number of ether oxygens (including phenoxy) is 1. The molecule has 0 spiro atoms. The van der Waals surface area contributed by atoms with Gasteiger partial charge in [-0.25, -0.2) is 4.79 Å². The van der Waals surface area contributed by atoms with Gasteiger partial charge in [-0.15, -0.1) is 11.8 Å². The van der Waals surface area contributed by atoms with Gasteiger partial charge >= 0.3 is 5.97 Å². The molecule has 0 aromatic heterocycles. The summed E-state index contributed by atoms with van der Waals surface area (Å²) in [7, 11) is 1.88. The number of carbonyl (C=O) groups excluding carboxylic acids is 1. The second-order valence-electron chi connectivity index (χ2n) is 7.27. The van der Waals surface area contributed by atoms with E-state index >= 15 is 0 Å². The van der Waals surface area contributed by atoms with Gasteiger partial charge in [0.25, 0.3) is 0 Å². The highest BCUT2D eigenvalue weighted by atomic mass is 32.2. The molecule has 1 aliphatic rings. The van der Waals surface area contributed by atoms with Crippen LogP contribution >= 0.6 is 11.8 Å². The molecule has 2 unspecified atom stereocenters. The lowest BCUT2D eigenvalue weighted by molar-refractivity contribution is -0.148. The Morgan fingerprint density at radius 1 is 1.14 bits per heavy atom. The number of likely N-dealkylation sites (N-methyl/N-ethyl adjacent to an activating group) is 1. The van der Waals surface area contributed by atoms with E-state index in [1.165, 1.54) is 0 Å². The van der Waals surface area contributed by atoms with E-state index in [9.17, 15) is 10.1 Å². The number of esters is 1. The molecule has 0 N–H and O–H groups in total. The molecule has 2 atom stereocenters. The number of carbonyl (C=O) groups is 1. The SMILES string of the molecule is CCOC(=O)C1C(c2ccc(-c3ccccc3)cc2)C(C#N)=C(SC(C)C)N1C. The topological polar surface area (TPSA) is 53.3 Å². The lowest BCUT2D eigenvalue weighted by Gasteiger charge is -2.27. The van der Waals surface area contributed by atoms with Crippen LogP contribution in [0.25, 0.3) is 11.1 Å². The Balaban J connectivity index is 2.03. The minimum atomic E-state index is -0.534. The molecule has 0 fully saturated rings. The van der Waals surface area contributed by atoms with Crippen LogP contribution in [-0.4, -0.2) is 35.8 Å². The van der Waals surface area contributed by atoms with Gasteiger partial charge in [0.05, 0.1) is 29.2 Å². The summed E-state index contributed by atoms with van der Waals surface area (Å²) in [6.07, 6.45) is 0. The number of hydrogen-bond acceptors (Lipinski definition) is 5. The summed E-state index contributed by atoms with van der Waals surface area (Å²) in [6.45, 7) is 6.29. The number of rotatable bonds is 6. The molecular weight excluding hydrogens is 380 g/mol. The third kappa shape index (κ3) is 4.33. The summed E-state index contributed by atoms with van der Waals surface area (Å²) in [4.78, 5) is 14.7. The maximum absolute atomic E-state index is 12.8. The molecule has 150 valence electrons. The van der Waals surface area contributed by atoms with Crippen LogP contribution in [0.1, 0.15) is 32.3 Å². The highest BCUT2D eigenvalue weighted by Gasteiger charge is 2.45. The van der Waals surface area contributed by atoms with Crippen molar-refractivity contribution in [2.75, 3.05) is 13.7 Å². The molecule has 1 heterocycles. The molecule has 5 heteroatoms. The first-order chi connectivity index (χ1) is 14.0. The molecule has 0 saturated heterocycles. The van der Waals surface area contributed by atoms with Crippen molar-refractivity contribution < 1.29 is 9.53 Å². The second kappa shape index (κ2) is 9.19. The fourth-order valence-electron chi connectivity index (χ4n) is 3.70. The van der Waals surface area contributed by atoms with Crippen molar-refractivity contribution >= 4 is 17.7 Å². The molecule has 0 amide bonds. The predicted molar refractivity (Wildman–Crippen MR) is 118 cm³/mol. The number of benzene rings is 2. The highest BCUT2D eigenvalue weighted by molar-refractivity contribution is 8.03. The van der Waals surface area contributed by atoms with Crippen LogP contribution in [0.4, 0.5) is 0 Å². The molecule has 0 bridgehead atoms. The van der Waals surface area contributed by atoms with Crippen molar-refractivity contribution in [2.45, 2.75) is 38.0 Å². The van der Waals surface area contributed by atoms with Crippen LogP contribution in [0, 0.1) is 11.3 Å². The molecule has 2 aromatic carbocycles. The zero-order chi connectivity index (χ0) is 21.0. The average Bonchev–Trinajstić information content (AvgIpc) is 3.00. The molecule has 0 aliphatic carbocycles. The van der Waals surface area contributed by atoms with E-state index in [2.05, 4.69) is 44.2 Å². The molecule has 1 aliphatic heterocycles. The summed E-state index contributed by atoms with van der Waals surface area (Å²) >= 11 is 1.62. The molecule has 29 heavy (non-hydrogen) atoms. The lowest BCUT2D eigenvalue weighted by Crippen LogP contribution is -2.38. The maximum Gasteiger partial charge on any atom is 0.329 e. The van der Waals surface area contributed by atoms with Crippen molar-refractivity contribution in [2.24, 2.45) is 0 Å². The minimum Gasteiger partial charge on any atom is -0.464 e. The summed E-state index contributed by atoms with van der Waals surface area (Å²) in [5, 5.41) is 11.1. The molecule has 0 radical (unpaired) electrons. The van der Waals surface area contributed by atoms with Crippen molar-refractivity contribution in [3.05, 3.63) is 70.8 Å². The van der Waals surface area contributed by atoms with E-state index in [1.54, 1.807) is 18.7 Å². The number of hydrogen-bond donors (Lipinski definition) is 0. The van der Waals surface area contributed by atoms with Crippen LogP contribution in [0.2, 0.25) is 0 Å². The monoisotopic (exact) mass is 406 g/mol. The van der Waals surface area contributed by atoms with Crippen molar-refractivity contribution in [1.82, 2.24) is 4.90 Å². The molecule has 4 nitrogen and oxygen atoms in total. The lowest BCUT2D eigenvalue weighted by atomic mass is 9.87. The van der Waals surface area contributed by atoms with Crippen LogP contribution in [0.15, 0.2) is 65.2 Å². The van der Waals surface area contributed by atoms with Gasteiger partial charge in [0, 0.05) is 12.3 Å².